The first-order chi connectivity index (χ1) is 13.4. The van der Waals surface area contributed by atoms with E-state index in [9.17, 15) is 14.4 Å². The van der Waals surface area contributed by atoms with Crippen LogP contribution in [-0.2, 0) is 20.9 Å². The lowest BCUT2D eigenvalue weighted by molar-refractivity contribution is -0.139. The molecule has 0 aliphatic carbocycles. The number of amides is 2. The van der Waals surface area contributed by atoms with Crippen LogP contribution in [0.25, 0.3) is 0 Å². The minimum Gasteiger partial charge on any atom is -0.482 e. The van der Waals surface area contributed by atoms with Crippen molar-refractivity contribution in [2.75, 3.05) is 25.1 Å². The van der Waals surface area contributed by atoms with E-state index in [0.717, 1.165) is 5.56 Å². The molecule has 2 aromatic rings. The third kappa shape index (κ3) is 4.68. The summed E-state index contributed by atoms with van der Waals surface area (Å²) in [7, 11) is 1.67. The molecule has 1 unspecified atom stereocenters. The standard InChI is InChI=1S/C21H22N2O5/c1-22(17-7-9-18(10-8-17)28-14-20(25)26)21(27)16-11-19(24)23(13-16)12-15-5-3-2-4-6-15/h2-10,16H,11-14H2,1H3,(H,25,26). The highest BCUT2D eigenvalue weighted by molar-refractivity contribution is 5.98. The molecule has 2 aromatic carbocycles. The molecule has 0 aromatic heterocycles. The number of carbonyl (C=O) groups excluding carboxylic acids is 2. The van der Waals surface area contributed by atoms with E-state index in [0.29, 0.717) is 24.5 Å². The second kappa shape index (κ2) is 8.56. The van der Waals surface area contributed by atoms with Gasteiger partial charge in [-0.1, -0.05) is 30.3 Å². The SMILES string of the molecule is CN(C(=O)C1CC(=O)N(Cc2ccccc2)C1)c1ccc(OCC(=O)O)cc1. The van der Waals surface area contributed by atoms with E-state index >= 15 is 0 Å². The monoisotopic (exact) mass is 382 g/mol. The molecule has 1 aliphatic rings. The molecule has 2 amide bonds. The molecule has 1 fully saturated rings. The normalized spacial score (nSPS) is 16.1. The van der Waals surface area contributed by atoms with Gasteiger partial charge in [0.2, 0.25) is 11.8 Å². The van der Waals surface area contributed by atoms with Crippen LogP contribution in [0.2, 0.25) is 0 Å². The first-order valence-electron chi connectivity index (χ1n) is 8.98. The summed E-state index contributed by atoms with van der Waals surface area (Å²) in [4.78, 5) is 38.9. The number of carboxylic acid groups (broad SMARTS) is 1. The van der Waals surface area contributed by atoms with Gasteiger partial charge in [0.1, 0.15) is 5.75 Å². The molecule has 7 heteroatoms. The summed E-state index contributed by atoms with van der Waals surface area (Å²) in [5.41, 5.74) is 1.69. The minimum atomic E-state index is -1.05. The average Bonchev–Trinajstić information content (AvgIpc) is 3.06. The van der Waals surface area contributed by atoms with E-state index in [2.05, 4.69) is 0 Å². The van der Waals surface area contributed by atoms with E-state index in [1.807, 2.05) is 30.3 Å². The first kappa shape index (κ1) is 19.4. The van der Waals surface area contributed by atoms with Gasteiger partial charge in [0.05, 0.1) is 5.92 Å². The Labute approximate surface area is 163 Å². The third-order valence-electron chi connectivity index (χ3n) is 4.70. The van der Waals surface area contributed by atoms with Crippen molar-refractivity contribution in [1.29, 1.82) is 0 Å². The van der Waals surface area contributed by atoms with Crippen LogP contribution >= 0.6 is 0 Å². The molecule has 1 saturated heterocycles. The molecule has 0 saturated carbocycles. The van der Waals surface area contributed by atoms with Gasteiger partial charge in [-0.3, -0.25) is 9.59 Å². The molecule has 28 heavy (non-hydrogen) atoms. The number of anilines is 1. The van der Waals surface area contributed by atoms with Crippen LogP contribution in [0.1, 0.15) is 12.0 Å². The summed E-state index contributed by atoms with van der Waals surface area (Å²) < 4.78 is 5.09. The predicted molar refractivity (Wildman–Crippen MR) is 103 cm³/mol. The molecule has 1 N–H and O–H groups in total. The fourth-order valence-corrected chi connectivity index (χ4v) is 3.21. The number of nitrogens with zero attached hydrogens (tertiary/aromatic N) is 2. The van der Waals surface area contributed by atoms with Crippen molar-refractivity contribution >= 4 is 23.5 Å². The van der Waals surface area contributed by atoms with Crippen LogP contribution in [0.3, 0.4) is 0 Å². The van der Waals surface area contributed by atoms with Crippen LogP contribution in [0.4, 0.5) is 5.69 Å². The summed E-state index contributed by atoms with van der Waals surface area (Å²) in [5, 5.41) is 8.64. The van der Waals surface area contributed by atoms with E-state index in [1.54, 1.807) is 36.2 Å². The van der Waals surface area contributed by atoms with Crippen molar-refractivity contribution in [3.05, 3.63) is 60.2 Å². The Morgan fingerprint density at radius 1 is 1.14 bits per heavy atom. The Kier molecular flexibility index (Phi) is 5.93. The second-order valence-corrected chi connectivity index (χ2v) is 6.73. The zero-order valence-corrected chi connectivity index (χ0v) is 15.6. The van der Waals surface area contributed by atoms with Crippen LogP contribution in [0, 0.1) is 5.92 Å². The van der Waals surface area contributed by atoms with E-state index in [1.165, 1.54) is 4.90 Å². The number of carbonyl (C=O) groups is 3. The fourth-order valence-electron chi connectivity index (χ4n) is 3.21. The Morgan fingerprint density at radius 3 is 2.46 bits per heavy atom. The number of benzene rings is 2. The largest absolute Gasteiger partial charge is 0.482 e. The van der Waals surface area contributed by atoms with Crippen molar-refractivity contribution < 1.29 is 24.2 Å². The molecular weight excluding hydrogens is 360 g/mol. The number of hydrogen-bond donors (Lipinski definition) is 1. The molecule has 1 heterocycles. The summed E-state index contributed by atoms with van der Waals surface area (Å²) in [6, 6.07) is 16.3. The zero-order chi connectivity index (χ0) is 20.1. The molecule has 1 aliphatic heterocycles. The van der Waals surface area contributed by atoms with Gasteiger partial charge >= 0.3 is 5.97 Å². The van der Waals surface area contributed by atoms with Gasteiger partial charge in [-0.2, -0.15) is 0 Å². The zero-order valence-electron chi connectivity index (χ0n) is 15.6. The summed E-state index contributed by atoms with van der Waals surface area (Å²) in [6.45, 7) is 0.481. The number of rotatable bonds is 7. The second-order valence-electron chi connectivity index (χ2n) is 6.73. The highest BCUT2D eigenvalue weighted by Crippen LogP contribution is 2.25. The smallest absolute Gasteiger partial charge is 0.341 e. The van der Waals surface area contributed by atoms with Gasteiger partial charge in [0.25, 0.3) is 0 Å². The highest BCUT2D eigenvalue weighted by atomic mass is 16.5. The van der Waals surface area contributed by atoms with Crippen molar-refractivity contribution in [3.8, 4) is 5.75 Å². The van der Waals surface area contributed by atoms with Crippen LogP contribution in [0.5, 0.6) is 5.75 Å². The van der Waals surface area contributed by atoms with Gasteiger partial charge < -0.3 is 19.6 Å². The van der Waals surface area contributed by atoms with E-state index < -0.39 is 12.6 Å². The van der Waals surface area contributed by atoms with Gasteiger partial charge in [0.15, 0.2) is 6.61 Å². The number of likely N-dealkylation sites (tertiary alicyclic amines) is 1. The summed E-state index contributed by atoms with van der Waals surface area (Å²) in [6.07, 6.45) is 0.204. The third-order valence-corrected chi connectivity index (χ3v) is 4.70. The van der Waals surface area contributed by atoms with Crippen molar-refractivity contribution in [3.63, 3.8) is 0 Å². The van der Waals surface area contributed by atoms with Gasteiger partial charge in [-0.05, 0) is 29.8 Å². The van der Waals surface area contributed by atoms with Crippen LogP contribution < -0.4 is 9.64 Å². The topological polar surface area (TPSA) is 87.2 Å². The Hall–Kier alpha value is -3.35. The molecular formula is C21H22N2O5. The average molecular weight is 382 g/mol. The number of carboxylic acids is 1. The lowest BCUT2D eigenvalue weighted by atomic mass is 10.1. The van der Waals surface area contributed by atoms with E-state index in [-0.39, 0.29) is 24.2 Å². The first-order valence-corrected chi connectivity index (χ1v) is 8.98. The van der Waals surface area contributed by atoms with Crippen molar-refractivity contribution in [2.24, 2.45) is 5.92 Å². The molecule has 0 spiro atoms. The number of hydrogen-bond acceptors (Lipinski definition) is 4. The van der Waals surface area contributed by atoms with Crippen LogP contribution in [-0.4, -0.2) is 48.0 Å². The Bertz CT molecular complexity index is 851. The minimum absolute atomic E-state index is 0.0204. The fraction of sp³-hybridized carbons (Fsp3) is 0.286. The molecule has 3 rings (SSSR count). The van der Waals surface area contributed by atoms with Crippen molar-refractivity contribution in [2.45, 2.75) is 13.0 Å². The predicted octanol–water partition coefficient (Wildman–Crippen LogP) is 2.16. The van der Waals surface area contributed by atoms with E-state index in [4.69, 9.17) is 9.84 Å². The number of ether oxygens (including phenoxy) is 1. The summed E-state index contributed by atoms with van der Waals surface area (Å²) >= 11 is 0. The molecule has 7 nitrogen and oxygen atoms in total. The van der Waals surface area contributed by atoms with Crippen molar-refractivity contribution in [1.82, 2.24) is 4.90 Å². The maximum Gasteiger partial charge on any atom is 0.341 e. The molecule has 0 radical (unpaired) electrons. The van der Waals surface area contributed by atoms with Gasteiger partial charge in [-0.15, -0.1) is 0 Å². The Morgan fingerprint density at radius 2 is 1.82 bits per heavy atom. The molecule has 1 atom stereocenters. The van der Waals surface area contributed by atoms with Gasteiger partial charge in [0, 0.05) is 32.2 Å². The maximum absolute atomic E-state index is 12.8. The maximum atomic E-state index is 12.8. The Balaban J connectivity index is 1.60. The molecule has 146 valence electrons. The quantitative estimate of drug-likeness (QED) is 0.793. The van der Waals surface area contributed by atoms with Gasteiger partial charge in [-0.25, -0.2) is 4.79 Å². The number of aliphatic carboxylic acids is 1. The lowest BCUT2D eigenvalue weighted by Crippen LogP contribution is -2.34. The van der Waals surface area contributed by atoms with Crippen LogP contribution in [0.15, 0.2) is 54.6 Å². The highest BCUT2D eigenvalue weighted by Gasteiger charge is 2.35. The molecule has 0 bridgehead atoms. The lowest BCUT2D eigenvalue weighted by Gasteiger charge is -2.22. The summed E-state index contributed by atoms with van der Waals surface area (Å²) in [5.74, 6) is -1.17.